The maximum absolute atomic E-state index is 13.0. The van der Waals surface area contributed by atoms with Crippen LogP contribution in [0, 0.1) is 0 Å². The molecular formula is C28H39N9O. The number of piperazine rings is 1. The summed E-state index contributed by atoms with van der Waals surface area (Å²) in [5.74, 6) is 1.21. The number of anilines is 3. The number of aromatic nitrogens is 4. The first-order chi connectivity index (χ1) is 18.6. The SMILES string of the molecule is CN(C)C(=O)c1cc2cnc(Nc3ccc(N4CCN(C5CCNCC5)CC4)cn3)nc2n1C1CCCC1. The molecule has 6 rings (SSSR count). The van der Waals surface area contributed by atoms with Crippen molar-refractivity contribution in [2.75, 3.05) is 63.6 Å². The zero-order valence-electron chi connectivity index (χ0n) is 22.6. The van der Waals surface area contributed by atoms with Gasteiger partial charge in [-0.3, -0.25) is 9.69 Å². The van der Waals surface area contributed by atoms with Crippen molar-refractivity contribution < 1.29 is 4.79 Å². The van der Waals surface area contributed by atoms with E-state index in [1.165, 1.54) is 25.7 Å². The van der Waals surface area contributed by atoms with E-state index in [0.717, 1.165) is 74.9 Å². The van der Waals surface area contributed by atoms with Crippen LogP contribution >= 0.6 is 0 Å². The van der Waals surface area contributed by atoms with Crippen LogP contribution in [0.15, 0.2) is 30.6 Å². The average Bonchev–Trinajstić information content (AvgIpc) is 3.61. The maximum atomic E-state index is 13.0. The second-order valence-electron chi connectivity index (χ2n) is 11.0. The minimum absolute atomic E-state index is 0.00162. The number of piperidine rings is 1. The standard InChI is InChI=1S/C28H39N9O/c1-34(2)27(38)24-17-20-18-31-28(33-26(20)37(24)22-5-3-4-6-22)32-25-8-7-23(19-30-25)36-15-13-35(14-16-36)21-9-11-29-12-10-21/h7-8,17-19,21-22,29H,3-6,9-16H2,1-2H3,(H,30,31,32,33). The summed E-state index contributed by atoms with van der Waals surface area (Å²) in [7, 11) is 3.59. The lowest BCUT2D eigenvalue weighted by atomic mass is 10.0. The van der Waals surface area contributed by atoms with Gasteiger partial charge in [-0.2, -0.15) is 4.98 Å². The Kier molecular flexibility index (Phi) is 7.16. The Labute approximate surface area is 224 Å². The summed E-state index contributed by atoms with van der Waals surface area (Å²) in [6.07, 6.45) is 10.8. The number of fused-ring (bicyclic) bond motifs is 1. The van der Waals surface area contributed by atoms with Crippen LogP contribution in [0.1, 0.15) is 55.1 Å². The van der Waals surface area contributed by atoms with Gasteiger partial charge in [0.15, 0.2) is 0 Å². The summed E-state index contributed by atoms with van der Waals surface area (Å²) in [5, 5.41) is 7.64. The molecule has 3 aromatic rings. The highest BCUT2D eigenvalue weighted by atomic mass is 16.2. The number of amides is 1. The smallest absolute Gasteiger partial charge is 0.270 e. The van der Waals surface area contributed by atoms with E-state index in [1.54, 1.807) is 25.2 Å². The van der Waals surface area contributed by atoms with Gasteiger partial charge in [0.2, 0.25) is 5.95 Å². The second-order valence-corrected chi connectivity index (χ2v) is 11.0. The molecule has 3 aromatic heterocycles. The third kappa shape index (κ3) is 5.07. The molecule has 3 fully saturated rings. The molecule has 1 saturated carbocycles. The van der Waals surface area contributed by atoms with Crippen LogP contribution in [-0.4, -0.2) is 94.6 Å². The molecule has 1 aliphatic carbocycles. The topological polar surface area (TPSA) is 94.5 Å². The summed E-state index contributed by atoms with van der Waals surface area (Å²) < 4.78 is 2.14. The highest BCUT2D eigenvalue weighted by Crippen LogP contribution is 2.35. The van der Waals surface area contributed by atoms with Crippen molar-refractivity contribution in [1.82, 2.24) is 34.6 Å². The number of nitrogens with zero attached hydrogens (tertiary/aromatic N) is 7. The second kappa shape index (κ2) is 10.9. The fraction of sp³-hybridized carbons (Fsp3) is 0.571. The third-order valence-electron chi connectivity index (χ3n) is 8.38. The Hall–Kier alpha value is -3.24. The molecule has 10 nitrogen and oxygen atoms in total. The molecule has 2 saturated heterocycles. The molecule has 0 bridgehead atoms. The zero-order chi connectivity index (χ0) is 26.1. The first-order valence-electron chi connectivity index (χ1n) is 14.1. The quantitative estimate of drug-likeness (QED) is 0.515. The number of pyridine rings is 1. The summed E-state index contributed by atoms with van der Waals surface area (Å²) >= 11 is 0. The average molecular weight is 518 g/mol. The molecule has 0 unspecified atom stereocenters. The molecule has 2 aliphatic heterocycles. The summed E-state index contributed by atoms with van der Waals surface area (Å²) in [4.78, 5) is 33.7. The van der Waals surface area contributed by atoms with Crippen molar-refractivity contribution in [2.45, 2.75) is 50.6 Å². The number of carbonyl (C=O) groups excluding carboxylic acids is 1. The molecule has 5 heterocycles. The van der Waals surface area contributed by atoms with E-state index in [1.807, 2.05) is 18.3 Å². The minimum Gasteiger partial charge on any atom is -0.368 e. The van der Waals surface area contributed by atoms with Crippen molar-refractivity contribution in [3.63, 3.8) is 0 Å². The maximum Gasteiger partial charge on any atom is 0.270 e. The predicted molar refractivity (Wildman–Crippen MR) is 150 cm³/mol. The van der Waals surface area contributed by atoms with Crippen LogP contribution in [0.25, 0.3) is 11.0 Å². The van der Waals surface area contributed by atoms with E-state index >= 15 is 0 Å². The van der Waals surface area contributed by atoms with Gasteiger partial charge in [0.05, 0.1) is 11.9 Å². The van der Waals surface area contributed by atoms with E-state index in [0.29, 0.717) is 23.5 Å². The molecule has 0 radical (unpaired) electrons. The van der Waals surface area contributed by atoms with Gasteiger partial charge in [-0.05, 0) is 57.0 Å². The van der Waals surface area contributed by atoms with E-state index in [2.05, 4.69) is 41.0 Å². The van der Waals surface area contributed by atoms with Gasteiger partial charge < -0.3 is 25.0 Å². The minimum atomic E-state index is -0.00162. The van der Waals surface area contributed by atoms with Gasteiger partial charge in [-0.25, -0.2) is 9.97 Å². The van der Waals surface area contributed by atoms with E-state index in [9.17, 15) is 4.79 Å². The molecule has 1 amide bonds. The molecule has 0 spiro atoms. The van der Waals surface area contributed by atoms with Gasteiger partial charge >= 0.3 is 0 Å². The van der Waals surface area contributed by atoms with Crippen LogP contribution in [0.5, 0.6) is 0 Å². The lowest BCUT2D eigenvalue weighted by molar-refractivity contribution is 0.0815. The van der Waals surface area contributed by atoms with Crippen molar-refractivity contribution in [2.24, 2.45) is 0 Å². The summed E-state index contributed by atoms with van der Waals surface area (Å²) in [5.41, 5.74) is 2.65. The molecule has 2 N–H and O–H groups in total. The Morgan fingerprint density at radius 2 is 1.74 bits per heavy atom. The van der Waals surface area contributed by atoms with Crippen LogP contribution in [0.2, 0.25) is 0 Å². The number of rotatable bonds is 6. The van der Waals surface area contributed by atoms with E-state index < -0.39 is 0 Å². The molecule has 38 heavy (non-hydrogen) atoms. The zero-order valence-corrected chi connectivity index (χ0v) is 22.6. The van der Waals surface area contributed by atoms with Crippen LogP contribution < -0.4 is 15.5 Å². The Morgan fingerprint density at radius 1 is 0.974 bits per heavy atom. The van der Waals surface area contributed by atoms with Gasteiger partial charge in [0.1, 0.15) is 17.2 Å². The van der Waals surface area contributed by atoms with E-state index in [4.69, 9.17) is 4.98 Å². The molecule has 202 valence electrons. The van der Waals surface area contributed by atoms with Crippen LogP contribution in [0.3, 0.4) is 0 Å². The fourth-order valence-electron chi connectivity index (χ4n) is 6.27. The Bertz CT molecular complexity index is 1250. The normalized spacial score (nSPS) is 19.8. The van der Waals surface area contributed by atoms with Crippen LogP contribution in [-0.2, 0) is 0 Å². The Balaban J connectivity index is 1.16. The largest absolute Gasteiger partial charge is 0.368 e. The number of hydrogen-bond acceptors (Lipinski definition) is 8. The lowest BCUT2D eigenvalue weighted by Crippen LogP contribution is -2.52. The third-order valence-corrected chi connectivity index (χ3v) is 8.38. The number of hydrogen-bond donors (Lipinski definition) is 2. The highest BCUT2D eigenvalue weighted by Gasteiger charge is 2.27. The van der Waals surface area contributed by atoms with Crippen molar-refractivity contribution >= 4 is 34.4 Å². The molecular weight excluding hydrogens is 478 g/mol. The predicted octanol–water partition coefficient (Wildman–Crippen LogP) is 3.26. The first-order valence-corrected chi connectivity index (χ1v) is 14.1. The van der Waals surface area contributed by atoms with Gasteiger partial charge in [-0.1, -0.05) is 12.8 Å². The molecule has 0 aromatic carbocycles. The van der Waals surface area contributed by atoms with Crippen molar-refractivity contribution in [3.05, 3.63) is 36.3 Å². The summed E-state index contributed by atoms with van der Waals surface area (Å²) in [6.45, 7) is 6.56. The van der Waals surface area contributed by atoms with Gasteiger partial charge in [0, 0.05) is 63.9 Å². The first kappa shape index (κ1) is 25.1. The molecule has 0 atom stereocenters. The highest BCUT2D eigenvalue weighted by molar-refractivity contribution is 5.97. The van der Waals surface area contributed by atoms with Crippen molar-refractivity contribution in [3.8, 4) is 0 Å². The van der Waals surface area contributed by atoms with Gasteiger partial charge in [-0.15, -0.1) is 0 Å². The van der Waals surface area contributed by atoms with E-state index in [-0.39, 0.29) is 5.91 Å². The Morgan fingerprint density at radius 3 is 2.42 bits per heavy atom. The molecule has 3 aliphatic rings. The fourth-order valence-corrected chi connectivity index (χ4v) is 6.27. The van der Waals surface area contributed by atoms with Crippen LogP contribution in [0.4, 0.5) is 17.5 Å². The van der Waals surface area contributed by atoms with Crippen molar-refractivity contribution in [1.29, 1.82) is 0 Å². The lowest BCUT2D eigenvalue weighted by Gasteiger charge is -2.41. The number of nitrogens with one attached hydrogen (secondary N) is 2. The monoisotopic (exact) mass is 517 g/mol. The van der Waals surface area contributed by atoms with Gasteiger partial charge in [0.25, 0.3) is 5.91 Å². The number of carbonyl (C=O) groups is 1. The summed E-state index contributed by atoms with van der Waals surface area (Å²) in [6, 6.07) is 7.08. The molecule has 10 heteroatoms.